The molecule has 0 aliphatic heterocycles. The van der Waals surface area contributed by atoms with Gasteiger partial charge in [0.15, 0.2) is 5.76 Å². The zero-order chi connectivity index (χ0) is 17.6. The third-order valence-corrected chi connectivity index (χ3v) is 5.05. The van der Waals surface area contributed by atoms with Crippen molar-refractivity contribution in [1.82, 2.24) is 10.3 Å². The zero-order valence-electron chi connectivity index (χ0n) is 14.2. The molecule has 1 atom stereocenters. The van der Waals surface area contributed by atoms with Crippen LogP contribution in [0.1, 0.15) is 13.3 Å². The lowest BCUT2D eigenvalue weighted by molar-refractivity contribution is -0.120. The molecule has 0 aliphatic rings. The van der Waals surface area contributed by atoms with E-state index in [9.17, 15) is 4.79 Å². The highest BCUT2D eigenvalue weighted by Crippen LogP contribution is 2.37. The molecule has 3 aromatic rings. The first-order valence-corrected chi connectivity index (χ1v) is 9.10. The molecule has 0 fully saturated rings. The highest BCUT2D eigenvalue weighted by molar-refractivity contribution is 8.00. The molecule has 0 unspecified atom stereocenters. The number of oxazole rings is 1. The van der Waals surface area contributed by atoms with E-state index in [1.807, 2.05) is 67.6 Å². The van der Waals surface area contributed by atoms with Gasteiger partial charge in [-0.2, -0.15) is 0 Å². The first-order chi connectivity index (χ1) is 12.2. The molecule has 1 heterocycles. The molecule has 0 saturated carbocycles. The maximum absolute atomic E-state index is 12.0. The summed E-state index contributed by atoms with van der Waals surface area (Å²) in [5.74, 6) is 0.703. The minimum absolute atomic E-state index is 0.0202. The normalized spacial score (nSPS) is 11.9. The number of carbonyl (C=O) groups is 1. The highest BCUT2D eigenvalue weighted by atomic mass is 32.2. The van der Waals surface area contributed by atoms with Gasteiger partial charge in [-0.05, 0) is 6.42 Å². The first-order valence-electron chi connectivity index (χ1n) is 8.22. The number of hydrogen-bond donors (Lipinski definition) is 1. The number of amides is 1. The van der Waals surface area contributed by atoms with Gasteiger partial charge in [-0.3, -0.25) is 4.79 Å². The van der Waals surface area contributed by atoms with E-state index in [0.29, 0.717) is 11.6 Å². The summed E-state index contributed by atoms with van der Waals surface area (Å²) in [5.41, 5.74) is 2.75. The van der Waals surface area contributed by atoms with Crippen molar-refractivity contribution >= 4 is 17.7 Å². The van der Waals surface area contributed by atoms with Crippen molar-refractivity contribution in [1.29, 1.82) is 0 Å². The summed E-state index contributed by atoms with van der Waals surface area (Å²) in [7, 11) is 1.64. The number of benzene rings is 2. The number of carbonyl (C=O) groups excluding carboxylic acids is 1. The van der Waals surface area contributed by atoms with E-state index >= 15 is 0 Å². The molecule has 2 aromatic carbocycles. The van der Waals surface area contributed by atoms with Gasteiger partial charge in [0, 0.05) is 18.2 Å². The molecule has 0 bridgehead atoms. The molecule has 5 heteroatoms. The summed E-state index contributed by atoms with van der Waals surface area (Å²) < 4.78 is 6.05. The minimum Gasteiger partial charge on any atom is -0.431 e. The molecule has 25 heavy (non-hydrogen) atoms. The van der Waals surface area contributed by atoms with Crippen LogP contribution in [-0.2, 0) is 4.79 Å². The van der Waals surface area contributed by atoms with Crippen molar-refractivity contribution in [2.45, 2.75) is 23.8 Å². The molecular weight excluding hydrogens is 332 g/mol. The van der Waals surface area contributed by atoms with E-state index in [2.05, 4.69) is 10.3 Å². The van der Waals surface area contributed by atoms with Crippen LogP contribution in [-0.4, -0.2) is 23.2 Å². The summed E-state index contributed by atoms with van der Waals surface area (Å²) in [5, 5.41) is 2.97. The lowest BCUT2D eigenvalue weighted by atomic mass is 10.1. The van der Waals surface area contributed by atoms with Crippen LogP contribution in [0.15, 0.2) is 70.3 Å². The van der Waals surface area contributed by atoms with Crippen molar-refractivity contribution < 1.29 is 9.21 Å². The van der Waals surface area contributed by atoms with Crippen molar-refractivity contribution in [2.24, 2.45) is 0 Å². The van der Waals surface area contributed by atoms with Crippen LogP contribution in [0.2, 0.25) is 0 Å². The standard InChI is InChI=1S/C20H20N2O2S/c1-3-16(19(23)21-2)25-20-22-17(14-10-6-4-7-11-14)18(24-20)15-12-8-5-9-13-15/h4-13,16H,3H2,1-2H3,(H,21,23)/t16-/m1/s1. The number of rotatable bonds is 6. The third kappa shape index (κ3) is 3.94. The van der Waals surface area contributed by atoms with Crippen molar-refractivity contribution in [2.75, 3.05) is 7.05 Å². The van der Waals surface area contributed by atoms with Gasteiger partial charge in [0.2, 0.25) is 5.91 Å². The van der Waals surface area contributed by atoms with Gasteiger partial charge in [-0.1, -0.05) is 79.3 Å². The molecule has 1 N–H and O–H groups in total. The molecule has 0 aliphatic carbocycles. The van der Waals surface area contributed by atoms with Gasteiger partial charge in [-0.15, -0.1) is 0 Å². The predicted octanol–water partition coefficient (Wildman–Crippen LogP) is 4.63. The molecular formula is C20H20N2O2S. The summed E-state index contributed by atoms with van der Waals surface area (Å²) >= 11 is 1.36. The van der Waals surface area contributed by atoms with E-state index in [-0.39, 0.29) is 11.2 Å². The summed E-state index contributed by atoms with van der Waals surface area (Å²) in [4.78, 5) is 16.7. The van der Waals surface area contributed by atoms with Gasteiger partial charge in [0.1, 0.15) is 5.69 Å². The Bertz CT molecular complexity index is 774. The van der Waals surface area contributed by atoms with E-state index in [0.717, 1.165) is 22.6 Å². The number of nitrogens with one attached hydrogen (secondary N) is 1. The Labute approximate surface area is 151 Å². The Hall–Kier alpha value is -2.53. The van der Waals surface area contributed by atoms with E-state index in [4.69, 9.17) is 4.42 Å². The predicted molar refractivity (Wildman–Crippen MR) is 101 cm³/mol. The van der Waals surface area contributed by atoms with Gasteiger partial charge >= 0.3 is 0 Å². The van der Waals surface area contributed by atoms with Gasteiger partial charge < -0.3 is 9.73 Å². The average Bonchev–Trinajstić information content (AvgIpc) is 3.11. The fourth-order valence-corrected chi connectivity index (χ4v) is 3.44. The maximum atomic E-state index is 12.0. The molecule has 0 spiro atoms. The molecule has 4 nitrogen and oxygen atoms in total. The van der Waals surface area contributed by atoms with Gasteiger partial charge in [0.05, 0.1) is 5.25 Å². The molecule has 128 valence electrons. The number of nitrogens with zero attached hydrogens (tertiary/aromatic N) is 1. The lowest BCUT2D eigenvalue weighted by Gasteiger charge is -2.09. The topological polar surface area (TPSA) is 55.1 Å². The number of aromatic nitrogens is 1. The number of hydrogen-bond acceptors (Lipinski definition) is 4. The second kappa shape index (κ2) is 8.03. The van der Waals surface area contributed by atoms with Gasteiger partial charge in [-0.25, -0.2) is 4.98 Å². The van der Waals surface area contributed by atoms with Crippen LogP contribution in [0.25, 0.3) is 22.6 Å². The van der Waals surface area contributed by atoms with Crippen LogP contribution < -0.4 is 5.32 Å². The van der Waals surface area contributed by atoms with Gasteiger partial charge in [0.25, 0.3) is 5.22 Å². The van der Waals surface area contributed by atoms with Crippen molar-refractivity contribution in [3.05, 3.63) is 60.7 Å². The molecule has 1 amide bonds. The minimum atomic E-state index is -0.226. The smallest absolute Gasteiger partial charge is 0.257 e. The second-order valence-electron chi connectivity index (χ2n) is 5.52. The second-order valence-corrected chi connectivity index (χ2v) is 6.67. The number of thioether (sulfide) groups is 1. The Morgan fingerprint density at radius 2 is 1.68 bits per heavy atom. The summed E-state index contributed by atoms with van der Waals surface area (Å²) in [6.45, 7) is 1.98. The SMILES string of the molecule is CC[C@@H](Sc1nc(-c2ccccc2)c(-c2ccccc2)o1)C(=O)NC. The largest absolute Gasteiger partial charge is 0.431 e. The molecule has 3 rings (SSSR count). The van der Waals surface area contributed by atoms with Crippen LogP contribution in [0.5, 0.6) is 0 Å². The lowest BCUT2D eigenvalue weighted by Crippen LogP contribution is -2.28. The fourth-order valence-electron chi connectivity index (χ4n) is 2.53. The zero-order valence-corrected chi connectivity index (χ0v) is 15.0. The molecule has 0 saturated heterocycles. The van der Waals surface area contributed by atoms with Crippen LogP contribution in [0, 0.1) is 0 Å². The van der Waals surface area contributed by atoms with Crippen molar-refractivity contribution in [3.63, 3.8) is 0 Å². The summed E-state index contributed by atoms with van der Waals surface area (Å²) in [6.07, 6.45) is 0.702. The van der Waals surface area contributed by atoms with Crippen LogP contribution in [0.4, 0.5) is 0 Å². The Morgan fingerprint density at radius 3 is 2.24 bits per heavy atom. The monoisotopic (exact) mass is 352 g/mol. The van der Waals surface area contributed by atoms with E-state index in [1.165, 1.54) is 11.8 Å². The quantitative estimate of drug-likeness (QED) is 0.658. The van der Waals surface area contributed by atoms with E-state index in [1.54, 1.807) is 7.05 Å². The van der Waals surface area contributed by atoms with Crippen LogP contribution >= 0.6 is 11.8 Å². The maximum Gasteiger partial charge on any atom is 0.257 e. The van der Waals surface area contributed by atoms with Crippen LogP contribution in [0.3, 0.4) is 0 Å². The fraction of sp³-hybridized carbons (Fsp3) is 0.200. The average molecular weight is 352 g/mol. The third-order valence-electron chi connectivity index (χ3n) is 3.84. The van der Waals surface area contributed by atoms with E-state index < -0.39 is 0 Å². The highest BCUT2D eigenvalue weighted by Gasteiger charge is 2.22. The Balaban J connectivity index is 2.02. The Morgan fingerprint density at radius 1 is 1.08 bits per heavy atom. The Kier molecular flexibility index (Phi) is 5.56. The van der Waals surface area contributed by atoms with Crippen molar-refractivity contribution in [3.8, 4) is 22.6 Å². The first kappa shape index (κ1) is 17.3. The summed E-state index contributed by atoms with van der Waals surface area (Å²) in [6, 6.07) is 19.8. The molecule has 0 radical (unpaired) electrons. The molecule has 1 aromatic heterocycles.